The largest absolute Gasteiger partial charge is 0.298 e. The third-order valence-corrected chi connectivity index (χ3v) is 2.58. The van der Waals surface area contributed by atoms with Gasteiger partial charge >= 0.3 is 0 Å². The van der Waals surface area contributed by atoms with E-state index in [0.717, 1.165) is 17.4 Å². The van der Waals surface area contributed by atoms with Crippen molar-refractivity contribution in [1.29, 1.82) is 0 Å². The molecule has 1 nitrogen and oxygen atoms in total. The summed E-state index contributed by atoms with van der Waals surface area (Å²) in [6, 6.07) is 14.1. The van der Waals surface area contributed by atoms with Gasteiger partial charge in [-0.25, -0.2) is 0 Å². The molecule has 0 saturated carbocycles. The summed E-state index contributed by atoms with van der Waals surface area (Å²) >= 11 is 0. The average molecular weight is 210 g/mol. The van der Waals surface area contributed by atoms with Gasteiger partial charge in [0.2, 0.25) is 0 Å². The van der Waals surface area contributed by atoms with E-state index in [0.29, 0.717) is 0 Å². The maximum atomic E-state index is 10.7. The summed E-state index contributed by atoms with van der Waals surface area (Å²) in [5, 5.41) is 0. The van der Waals surface area contributed by atoms with E-state index < -0.39 is 0 Å². The van der Waals surface area contributed by atoms with Crippen LogP contribution in [0.1, 0.15) is 21.5 Å². The van der Waals surface area contributed by atoms with Crippen molar-refractivity contribution >= 4 is 6.29 Å². The van der Waals surface area contributed by atoms with Crippen LogP contribution >= 0.6 is 0 Å². The van der Waals surface area contributed by atoms with Gasteiger partial charge in [-0.15, -0.1) is 0 Å². The predicted molar refractivity (Wildman–Crippen MR) is 66.7 cm³/mol. The Hall–Kier alpha value is -1.89. The minimum absolute atomic E-state index is 0.719. The van der Waals surface area contributed by atoms with Crippen LogP contribution in [-0.4, -0.2) is 6.29 Å². The predicted octanol–water partition coefficient (Wildman–Crippen LogP) is 3.78. The van der Waals surface area contributed by atoms with E-state index in [4.69, 9.17) is 0 Å². The monoisotopic (exact) mass is 210 g/mol. The Kier molecular flexibility index (Phi) is 2.86. The fourth-order valence-corrected chi connectivity index (χ4v) is 1.93. The fourth-order valence-electron chi connectivity index (χ4n) is 1.93. The van der Waals surface area contributed by atoms with Crippen molar-refractivity contribution in [2.75, 3.05) is 0 Å². The second-order valence-electron chi connectivity index (χ2n) is 4.12. The molecule has 1 heteroatoms. The van der Waals surface area contributed by atoms with Crippen molar-refractivity contribution in [2.24, 2.45) is 0 Å². The summed E-state index contributed by atoms with van der Waals surface area (Å²) in [4.78, 5) is 10.7. The first-order valence-electron chi connectivity index (χ1n) is 5.33. The molecular weight excluding hydrogens is 196 g/mol. The molecule has 2 aromatic carbocycles. The van der Waals surface area contributed by atoms with Gasteiger partial charge in [-0.2, -0.15) is 0 Å². The Morgan fingerprint density at radius 1 is 0.875 bits per heavy atom. The second kappa shape index (κ2) is 4.31. The van der Waals surface area contributed by atoms with Crippen molar-refractivity contribution in [3.8, 4) is 11.1 Å². The lowest BCUT2D eigenvalue weighted by Crippen LogP contribution is -1.85. The average Bonchev–Trinajstić information content (AvgIpc) is 2.28. The highest BCUT2D eigenvalue weighted by molar-refractivity contribution is 5.79. The molecular formula is C15H14O. The minimum atomic E-state index is 0.719. The third-order valence-electron chi connectivity index (χ3n) is 2.58. The molecule has 0 N–H and O–H groups in total. The van der Waals surface area contributed by atoms with Crippen LogP contribution in [0.3, 0.4) is 0 Å². The van der Waals surface area contributed by atoms with E-state index in [1.165, 1.54) is 16.7 Å². The number of carbonyl (C=O) groups excluding carboxylic acids is 1. The molecule has 2 rings (SSSR count). The van der Waals surface area contributed by atoms with E-state index in [1.807, 2.05) is 24.3 Å². The second-order valence-corrected chi connectivity index (χ2v) is 4.12. The van der Waals surface area contributed by atoms with Crippen molar-refractivity contribution in [1.82, 2.24) is 0 Å². The van der Waals surface area contributed by atoms with Crippen LogP contribution in [0.2, 0.25) is 0 Å². The normalized spacial score (nSPS) is 10.1. The molecule has 0 aliphatic heterocycles. The molecule has 0 radical (unpaired) electrons. The van der Waals surface area contributed by atoms with Gasteiger partial charge in [0, 0.05) is 5.56 Å². The molecule has 0 amide bonds. The van der Waals surface area contributed by atoms with Crippen molar-refractivity contribution in [3.63, 3.8) is 0 Å². The van der Waals surface area contributed by atoms with Crippen LogP contribution in [0.4, 0.5) is 0 Å². The summed E-state index contributed by atoms with van der Waals surface area (Å²) in [5.74, 6) is 0. The van der Waals surface area contributed by atoms with Gasteiger partial charge in [0.25, 0.3) is 0 Å². The fraction of sp³-hybridized carbons (Fsp3) is 0.133. The quantitative estimate of drug-likeness (QED) is 0.689. The highest BCUT2D eigenvalue weighted by Gasteiger charge is 2.00. The summed E-state index contributed by atoms with van der Waals surface area (Å²) in [6.07, 6.45) is 0.881. The first-order valence-corrected chi connectivity index (χ1v) is 5.33. The summed E-state index contributed by atoms with van der Waals surface area (Å²) in [5.41, 5.74) is 5.47. The Bertz CT molecular complexity index is 506. The van der Waals surface area contributed by atoms with E-state index in [2.05, 4.69) is 32.0 Å². The van der Waals surface area contributed by atoms with Crippen LogP contribution in [0.25, 0.3) is 11.1 Å². The van der Waals surface area contributed by atoms with Crippen LogP contribution in [0, 0.1) is 13.8 Å². The van der Waals surface area contributed by atoms with Gasteiger partial charge in [-0.05, 0) is 31.0 Å². The van der Waals surface area contributed by atoms with Crippen LogP contribution in [-0.2, 0) is 0 Å². The lowest BCUT2D eigenvalue weighted by Gasteiger charge is -2.05. The number of hydrogen-bond acceptors (Lipinski definition) is 1. The molecule has 0 saturated heterocycles. The molecule has 16 heavy (non-hydrogen) atoms. The first kappa shape index (κ1) is 10.6. The van der Waals surface area contributed by atoms with Crippen LogP contribution < -0.4 is 0 Å². The number of rotatable bonds is 2. The molecule has 80 valence electrons. The molecule has 0 aliphatic carbocycles. The SMILES string of the molecule is Cc1cc(C)cc(-c2cccc(C=O)c2)c1. The van der Waals surface area contributed by atoms with E-state index in [9.17, 15) is 4.79 Å². The Labute approximate surface area is 95.7 Å². The molecule has 0 spiro atoms. The number of aldehydes is 1. The minimum Gasteiger partial charge on any atom is -0.298 e. The summed E-state index contributed by atoms with van der Waals surface area (Å²) in [7, 11) is 0. The smallest absolute Gasteiger partial charge is 0.150 e. The number of benzene rings is 2. The Morgan fingerprint density at radius 3 is 2.19 bits per heavy atom. The van der Waals surface area contributed by atoms with E-state index in [1.54, 1.807) is 0 Å². The van der Waals surface area contributed by atoms with Gasteiger partial charge < -0.3 is 0 Å². The molecule has 0 atom stereocenters. The van der Waals surface area contributed by atoms with E-state index in [-0.39, 0.29) is 0 Å². The standard InChI is InChI=1S/C15H14O/c1-11-6-12(2)8-15(7-11)14-5-3-4-13(9-14)10-16/h3-10H,1-2H3. The van der Waals surface area contributed by atoms with Crippen LogP contribution in [0.15, 0.2) is 42.5 Å². The van der Waals surface area contributed by atoms with Crippen molar-refractivity contribution < 1.29 is 4.79 Å². The Balaban J connectivity index is 2.53. The van der Waals surface area contributed by atoms with Gasteiger partial charge in [0.05, 0.1) is 0 Å². The van der Waals surface area contributed by atoms with Gasteiger partial charge in [0.1, 0.15) is 6.29 Å². The molecule has 0 aliphatic rings. The van der Waals surface area contributed by atoms with E-state index >= 15 is 0 Å². The number of carbonyl (C=O) groups is 1. The zero-order valence-electron chi connectivity index (χ0n) is 9.53. The Morgan fingerprint density at radius 2 is 1.56 bits per heavy atom. The third kappa shape index (κ3) is 2.19. The highest BCUT2D eigenvalue weighted by atomic mass is 16.1. The maximum absolute atomic E-state index is 10.7. The lowest BCUT2D eigenvalue weighted by atomic mass is 9.99. The molecule has 0 fully saturated rings. The van der Waals surface area contributed by atoms with Crippen molar-refractivity contribution in [3.05, 3.63) is 59.2 Å². The molecule has 2 aromatic rings. The maximum Gasteiger partial charge on any atom is 0.150 e. The molecule has 0 heterocycles. The molecule has 0 bridgehead atoms. The first-order chi connectivity index (χ1) is 7.69. The summed E-state index contributed by atoms with van der Waals surface area (Å²) in [6.45, 7) is 4.17. The summed E-state index contributed by atoms with van der Waals surface area (Å²) < 4.78 is 0. The van der Waals surface area contributed by atoms with Crippen molar-refractivity contribution in [2.45, 2.75) is 13.8 Å². The van der Waals surface area contributed by atoms with Gasteiger partial charge in [0.15, 0.2) is 0 Å². The molecule has 0 aromatic heterocycles. The zero-order valence-corrected chi connectivity index (χ0v) is 9.53. The number of aryl methyl sites for hydroxylation is 2. The molecule has 0 unspecified atom stereocenters. The topological polar surface area (TPSA) is 17.1 Å². The zero-order chi connectivity index (χ0) is 11.5. The van der Waals surface area contributed by atoms with Gasteiger partial charge in [-0.1, -0.05) is 47.5 Å². The lowest BCUT2D eigenvalue weighted by molar-refractivity contribution is 0.112. The highest BCUT2D eigenvalue weighted by Crippen LogP contribution is 2.22. The van der Waals surface area contributed by atoms with Gasteiger partial charge in [-0.3, -0.25) is 4.79 Å². The number of hydrogen-bond donors (Lipinski definition) is 0. The van der Waals surface area contributed by atoms with Crippen LogP contribution in [0.5, 0.6) is 0 Å².